The normalized spacial score (nSPS) is 29.6. The van der Waals surface area contributed by atoms with Gasteiger partial charge < -0.3 is 10.2 Å². The second-order valence-corrected chi connectivity index (χ2v) is 7.96. The van der Waals surface area contributed by atoms with Crippen molar-refractivity contribution in [1.82, 2.24) is 15.1 Å². The molecule has 2 saturated heterocycles. The Labute approximate surface area is 145 Å². The Bertz CT molecular complexity index is 615. The molecule has 0 bridgehead atoms. The predicted octanol–water partition coefficient (Wildman–Crippen LogP) is 3.19. The fourth-order valence-corrected chi connectivity index (χ4v) is 4.98. The van der Waals surface area contributed by atoms with Crippen molar-refractivity contribution < 1.29 is 4.79 Å². The Balaban J connectivity index is 1.58. The first-order valence-electron chi connectivity index (χ1n) is 9.52. The molecule has 3 unspecified atom stereocenters. The van der Waals surface area contributed by atoms with Gasteiger partial charge in [-0.3, -0.25) is 4.90 Å². The fourth-order valence-electron chi connectivity index (χ4n) is 4.98. The number of fused-ring (bicyclic) bond motifs is 4. The second kappa shape index (κ2) is 6.40. The molecule has 0 aliphatic carbocycles. The Morgan fingerprint density at radius 2 is 2.08 bits per heavy atom. The Morgan fingerprint density at radius 3 is 2.92 bits per heavy atom. The molecule has 3 aliphatic rings. The highest BCUT2D eigenvalue weighted by Crippen LogP contribution is 2.42. The van der Waals surface area contributed by atoms with Gasteiger partial charge in [-0.15, -0.1) is 0 Å². The molecular formula is C20H29N3O. The molecule has 3 atom stereocenters. The highest BCUT2D eigenvalue weighted by molar-refractivity contribution is 5.75. The van der Waals surface area contributed by atoms with Crippen LogP contribution in [0.15, 0.2) is 24.3 Å². The average Bonchev–Trinajstić information content (AvgIpc) is 2.58. The Kier molecular flexibility index (Phi) is 4.25. The zero-order valence-corrected chi connectivity index (χ0v) is 14.9. The van der Waals surface area contributed by atoms with E-state index in [2.05, 4.69) is 39.4 Å². The number of hydrogen-bond acceptors (Lipinski definition) is 2. The van der Waals surface area contributed by atoms with E-state index in [-0.39, 0.29) is 12.1 Å². The van der Waals surface area contributed by atoms with Gasteiger partial charge in [0, 0.05) is 37.8 Å². The van der Waals surface area contributed by atoms with Crippen LogP contribution in [0.25, 0.3) is 0 Å². The summed E-state index contributed by atoms with van der Waals surface area (Å²) in [6.45, 7) is 7.31. The molecule has 1 N–H and O–H groups in total. The number of urea groups is 1. The number of carbonyl (C=O) groups excluding carboxylic acids is 1. The Hall–Kier alpha value is -1.55. The lowest BCUT2D eigenvalue weighted by Crippen LogP contribution is -2.59. The quantitative estimate of drug-likeness (QED) is 0.860. The van der Waals surface area contributed by atoms with E-state index in [0.717, 1.165) is 25.9 Å². The molecule has 0 radical (unpaired) electrons. The molecule has 3 aliphatic heterocycles. The number of likely N-dealkylation sites (tertiary alicyclic amines) is 1. The molecule has 4 heteroatoms. The van der Waals surface area contributed by atoms with E-state index in [4.69, 9.17) is 0 Å². The number of nitrogens with one attached hydrogen (secondary N) is 1. The first-order valence-corrected chi connectivity index (χ1v) is 9.52. The van der Waals surface area contributed by atoms with Gasteiger partial charge in [-0.2, -0.15) is 0 Å². The van der Waals surface area contributed by atoms with Gasteiger partial charge in [0.1, 0.15) is 0 Å². The van der Waals surface area contributed by atoms with Crippen LogP contribution >= 0.6 is 0 Å². The highest BCUT2D eigenvalue weighted by Gasteiger charge is 2.43. The first kappa shape index (κ1) is 15.9. The summed E-state index contributed by atoms with van der Waals surface area (Å²) in [6.07, 6.45) is 4.66. The van der Waals surface area contributed by atoms with Crippen molar-refractivity contribution in [3.05, 3.63) is 35.4 Å². The van der Waals surface area contributed by atoms with Crippen molar-refractivity contribution in [2.24, 2.45) is 5.92 Å². The van der Waals surface area contributed by atoms with Gasteiger partial charge in [0.25, 0.3) is 0 Å². The molecule has 2 fully saturated rings. The Morgan fingerprint density at radius 1 is 1.25 bits per heavy atom. The molecule has 2 amide bonds. The third-order valence-electron chi connectivity index (χ3n) is 6.05. The maximum Gasteiger partial charge on any atom is 0.317 e. The monoisotopic (exact) mass is 327 g/mol. The van der Waals surface area contributed by atoms with Crippen LogP contribution in [-0.4, -0.2) is 47.5 Å². The third-order valence-corrected chi connectivity index (χ3v) is 6.05. The van der Waals surface area contributed by atoms with Crippen LogP contribution in [0, 0.1) is 5.92 Å². The summed E-state index contributed by atoms with van der Waals surface area (Å²) in [7, 11) is 0. The number of carbonyl (C=O) groups is 1. The van der Waals surface area contributed by atoms with Crippen LogP contribution in [0.2, 0.25) is 0 Å². The van der Waals surface area contributed by atoms with Gasteiger partial charge in [0.15, 0.2) is 0 Å². The van der Waals surface area contributed by atoms with Crippen LogP contribution in [0.4, 0.5) is 4.79 Å². The molecule has 0 saturated carbocycles. The van der Waals surface area contributed by atoms with E-state index in [0.29, 0.717) is 18.0 Å². The lowest BCUT2D eigenvalue weighted by Gasteiger charge is -2.52. The van der Waals surface area contributed by atoms with Gasteiger partial charge in [-0.25, -0.2) is 4.79 Å². The smallest absolute Gasteiger partial charge is 0.317 e. The van der Waals surface area contributed by atoms with Crippen LogP contribution in [-0.2, 0) is 6.42 Å². The van der Waals surface area contributed by atoms with E-state index in [1.54, 1.807) is 0 Å². The fraction of sp³-hybridized carbons (Fsp3) is 0.650. The van der Waals surface area contributed by atoms with Gasteiger partial charge in [0.2, 0.25) is 0 Å². The van der Waals surface area contributed by atoms with Crippen LogP contribution in [0.1, 0.15) is 50.3 Å². The maximum absolute atomic E-state index is 12.7. The van der Waals surface area contributed by atoms with Gasteiger partial charge in [-0.05, 0) is 56.6 Å². The van der Waals surface area contributed by atoms with E-state index < -0.39 is 0 Å². The van der Waals surface area contributed by atoms with Crippen molar-refractivity contribution in [3.8, 4) is 0 Å². The lowest BCUT2D eigenvalue weighted by atomic mass is 9.77. The van der Waals surface area contributed by atoms with Gasteiger partial charge in [-0.1, -0.05) is 24.3 Å². The molecule has 130 valence electrons. The third kappa shape index (κ3) is 2.81. The van der Waals surface area contributed by atoms with E-state index in [9.17, 15) is 4.79 Å². The van der Waals surface area contributed by atoms with Crippen molar-refractivity contribution in [1.29, 1.82) is 0 Å². The maximum atomic E-state index is 12.7. The predicted molar refractivity (Wildman–Crippen MR) is 96.0 cm³/mol. The van der Waals surface area contributed by atoms with Crippen molar-refractivity contribution in [3.63, 3.8) is 0 Å². The van der Waals surface area contributed by atoms with Crippen molar-refractivity contribution >= 4 is 6.03 Å². The minimum atomic E-state index is 0.136. The number of hydrogen-bond donors (Lipinski definition) is 1. The minimum absolute atomic E-state index is 0.136. The summed E-state index contributed by atoms with van der Waals surface area (Å²) in [6, 6.07) is 10.1. The summed E-state index contributed by atoms with van der Waals surface area (Å²) in [4.78, 5) is 17.5. The van der Waals surface area contributed by atoms with E-state index in [1.165, 1.54) is 30.5 Å². The molecule has 24 heavy (non-hydrogen) atoms. The molecule has 0 aromatic heterocycles. The van der Waals surface area contributed by atoms with Gasteiger partial charge in [0.05, 0.1) is 0 Å². The standard InChI is InChI=1S/C20H29N3O/c1-14(2)21-20(24)23-10-5-7-16-13-22-11-9-15-6-3-4-8-17(15)19(22)12-18(16)23/h3-4,6,8,14,16,18-19H,5,7,9-13H2,1-2H3,(H,21,24). The summed E-state index contributed by atoms with van der Waals surface area (Å²) >= 11 is 0. The van der Waals surface area contributed by atoms with Crippen molar-refractivity contribution in [2.45, 2.75) is 57.7 Å². The molecule has 3 heterocycles. The molecule has 1 aromatic carbocycles. The number of rotatable bonds is 1. The summed E-state index contributed by atoms with van der Waals surface area (Å²) in [5.41, 5.74) is 3.00. The summed E-state index contributed by atoms with van der Waals surface area (Å²) in [5, 5.41) is 3.11. The summed E-state index contributed by atoms with van der Waals surface area (Å²) < 4.78 is 0. The molecule has 4 nitrogen and oxygen atoms in total. The number of benzene rings is 1. The second-order valence-electron chi connectivity index (χ2n) is 7.96. The van der Waals surface area contributed by atoms with E-state index >= 15 is 0 Å². The lowest BCUT2D eigenvalue weighted by molar-refractivity contribution is 0.00543. The SMILES string of the molecule is CC(C)NC(=O)N1CCCC2CN3CCc4ccccc4C3CC21. The molecular weight excluding hydrogens is 298 g/mol. The molecule has 4 rings (SSSR count). The van der Waals surface area contributed by atoms with Crippen LogP contribution < -0.4 is 5.32 Å². The highest BCUT2D eigenvalue weighted by atomic mass is 16.2. The van der Waals surface area contributed by atoms with E-state index in [1.807, 2.05) is 13.8 Å². The van der Waals surface area contributed by atoms with Crippen LogP contribution in [0.5, 0.6) is 0 Å². The molecule has 0 spiro atoms. The van der Waals surface area contributed by atoms with Gasteiger partial charge >= 0.3 is 6.03 Å². The average molecular weight is 327 g/mol. The number of amides is 2. The molecule has 1 aromatic rings. The summed E-state index contributed by atoms with van der Waals surface area (Å²) in [5.74, 6) is 0.637. The largest absolute Gasteiger partial charge is 0.336 e. The van der Waals surface area contributed by atoms with Crippen LogP contribution in [0.3, 0.4) is 0 Å². The zero-order valence-electron chi connectivity index (χ0n) is 14.9. The number of nitrogens with zero attached hydrogens (tertiary/aromatic N) is 2. The first-order chi connectivity index (χ1) is 11.6. The minimum Gasteiger partial charge on any atom is -0.336 e. The zero-order chi connectivity index (χ0) is 16.7. The number of piperidine rings is 2. The van der Waals surface area contributed by atoms with Crippen molar-refractivity contribution in [2.75, 3.05) is 19.6 Å². The topological polar surface area (TPSA) is 35.6 Å².